The summed E-state index contributed by atoms with van der Waals surface area (Å²) in [6.45, 7) is 4.74. The zero-order chi connectivity index (χ0) is 48.2. The van der Waals surface area contributed by atoms with Crippen LogP contribution in [0.3, 0.4) is 0 Å². The van der Waals surface area contributed by atoms with Crippen LogP contribution in [0.1, 0.15) is 97.6 Å². The van der Waals surface area contributed by atoms with E-state index in [4.69, 9.17) is 47.9 Å². The van der Waals surface area contributed by atoms with Crippen molar-refractivity contribution < 1.29 is 47.5 Å². The van der Waals surface area contributed by atoms with Crippen LogP contribution < -0.4 is 38.2 Å². The lowest BCUT2D eigenvalue weighted by molar-refractivity contribution is -0.147. The number of ether oxygens (including phenoxy) is 8. The summed E-state index contributed by atoms with van der Waals surface area (Å²) in [6.07, 6.45) is 8.39. The average Bonchev–Trinajstić information content (AvgIpc) is 3.34. The van der Waals surface area contributed by atoms with Crippen molar-refractivity contribution in [2.24, 2.45) is 9.98 Å². The average molecular weight is 933 g/mol. The number of esters is 2. The van der Waals surface area contributed by atoms with Crippen molar-refractivity contribution in [3.8, 4) is 34.8 Å². The highest BCUT2D eigenvalue weighted by atomic mass is 16.6. The van der Waals surface area contributed by atoms with Gasteiger partial charge in [-0.1, -0.05) is 0 Å². The Bertz CT molecular complexity index is 2460. The third kappa shape index (κ3) is 9.58. The van der Waals surface area contributed by atoms with E-state index >= 15 is 0 Å². The van der Waals surface area contributed by atoms with Gasteiger partial charge in [0.15, 0.2) is 23.0 Å². The first-order valence-corrected chi connectivity index (χ1v) is 23.0. The predicted octanol–water partition coefficient (Wildman–Crippen LogP) is 6.28. The summed E-state index contributed by atoms with van der Waals surface area (Å²) in [4.78, 5) is 59.3. The number of anilines is 2. The molecule has 0 bridgehead atoms. The zero-order valence-electron chi connectivity index (χ0n) is 40.4. The third-order valence-electron chi connectivity index (χ3n) is 12.8. The molecule has 2 aliphatic heterocycles. The van der Waals surface area contributed by atoms with Crippen molar-refractivity contribution in [2.75, 3.05) is 79.6 Å². The van der Waals surface area contributed by atoms with Crippen LogP contribution in [-0.2, 0) is 19.1 Å². The highest BCUT2D eigenvalue weighted by Gasteiger charge is 2.41. The first kappa shape index (κ1) is 47.5. The lowest BCUT2D eigenvalue weighted by Gasteiger charge is -2.38. The van der Waals surface area contributed by atoms with Crippen molar-refractivity contribution >= 4 is 35.3 Å². The van der Waals surface area contributed by atoms with Gasteiger partial charge in [-0.15, -0.1) is 0 Å². The van der Waals surface area contributed by atoms with Crippen LogP contribution in [-0.4, -0.2) is 137 Å². The minimum Gasteiger partial charge on any atom is -0.493 e. The number of rotatable bonds is 16. The number of aromatic nitrogens is 4. The van der Waals surface area contributed by atoms with Gasteiger partial charge in [-0.05, 0) is 87.8 Å². The molecule has 0 spiro atoms. The summed E-state index contributed by atoms with van der Waals surface area (Å²) in [5, 5.41) is 0. The zero-order valence-corrected chi connectivity index (χ0v) is 40.4. The Hall–Kier alpha value is -6.98. The van der Waals surface area contributed by atoms with E-state index < -0.39 is 24.1 Å². The molecule has 2 aromatic carbocycles. The Kier molecular flexibility index (Phi) is 14.3. The molecule has 0 N–H and O–H groups in total. The Morgan fingerprint density at radius 3 is 1.34 bits per heavy atom. The number of hydrogen-bond donors (Lipinski definition) is 0. The van der Waals surface area contributed by atoms with Crippen LogP contribution in [0, 0.1) is 0 Å². The minimum absolute atomic E-state index is 0.0996. The maximum atomic E-state index is 13.4. The van der Waals surface area contributed by atoms with Crippen molar-refractivity contribution in [2.45, 2.75) is 88.5 Å². The van der Waals surface area contributed by atoms with Gasteiger partial charge in [0, 0.05) is 75.7 Å². The molecule has 2 fully saturated rings. The van der Waals surface area contributed by atoms with Gasteiger partial charge in [-0.3, -0.25) is 9.98 Å². The molecule has 18 nitrogen and oxygen atoms in total. The Morgan fingerprint density at radius 2 is 0.985 bits per heavy atom. The first-order valence-electron chi connectivity index (χ1n) is 23.0. The molecule has 0 saturated heterocycles. The van der Waals surface area contributed by atoms with Crippen molar-refractivity contribution in [1.29, 1.82) is 0 Å². The molecule has 18 heteroatoms. The van der Waals surface area contributed by atoms with Crippen LogP contribution in [0.4, 0.5) is 11.9 Å². The van der Waals surface area contributed by atoms with Gasteiger partial charge in [0.1, 0.15) is 12.2 Å². The van der Waals surface area contributed by atoms with Crippen LogP contribution in [0.15, 0.2) is 58.8 Å². The number of fused-ring (bicyclic) bond motifs is 6. The monoisotopic (exact) mass is 932 g/mol. The molecule has 4 heterocycles. The van der Waals surface area contributed by atoms with Gasteiger partial charge in [0.05, 0.1) is 76.3 Å². The molecule has 2 aromatic heterocycles. The van der Waals surface area contributed by atoms with Crippen LogP contribution in [0.5, 0.6) is 34.8 Å². The normalized spacial score (nSPS) is 21.4. The summed E-state index contributed by atoms with van der Waals surface area (Å²) in [5.41, 5.74) is 6.33. The fourth-order valence-electron chi connectivity index (χ4n) is 9.68. The second-order valence-electron chi connectivity index (χ2n) is 17.4. The van der Waals surface area contributed by atoms with Crippen molar-refractivity contribution in [1.82, 2.24) is 19.9 Å². The molecule has 4 aliphatic rings. The fraction of sp³-hybridized carbons (Fsp3) is 0.480. The highest BCUT2D eigenvalue weighted by Crippen LogP contribution is 2.48. The van der Waals surface area contributed by atoms with E-state index in [1.807, 2.05) is 76.1 Å². The quantitative estimate of drug-likeness (QED) is 0.0900. The lowest BCUT2D eigenvalue weighted by Crippen LogP contribution is -2.36. The van der Waals surface area contributed by atoms with E-state index in [9.17, 15) is 9.59 Å². The van der Waals surface area contributed by atoms with Crippen LogP contribution >= 0.6 is 0 Å². The maximum absolute atomic E-state index is 13.4. The molecule has 6 atom stereocenters. The number of nitrogens with zero attached hydrogens (tertiary/aromatic N) is 8. The predicted molar refractivity (Wildman–Crippen MR) is 255 cm³/mol. The molecule has 68 heavy (non-hydrogen) atoms. The molecule has 4 aromatic rings. The van der Waals surface area contributed by atoms with E-state index in [2.05, 4.69) is 19.9 Å². The molecule has 0 amide bonds. The molecule has 8 rings (SSSR count). The maximum Gasteiger partial charge on any atom is 0.331 e. The topological polar surface area (TPSA) is 191 Å². The standard InChI is InChI=1S/C50H60N8O10/c1-11-65-41-21-29-31-19-27(13-15-37(31)53-45(33(29)23-39(41)61-7)35-25-51-49(57(3)4)55-47(35)63-9)67-43(59)17-18-44(60)68-28-14-16-38-32(20-28)30-22-42(66-12-2)40(62-8)24-34(30)46(54-38)36-26-52-50(58(5)6)56-48(36)64-10/h17-18,21-28,31-32,37-38H,11-16,19-20H2,1-10H3/b18-17+/t27-,28-,31-,32-,37-,38-/m1/s1. The van der Waals surface area contributed by atoms with Gasteiger partial charge in [0.25, 0.3) is 0 Å². The molecule has 0 radical (unpaired) electrons. The Labute approximate surface area is 396 Å². The number of benzene rings is 2. The number of hydrogen-bond acceptors (Lipinski definition) is 18. The Morgan fingerprint density at radius 1 is 0.574 bits per heavy atom. The van der Waals surface area contributed by atoms with Gasteiger partial charge in [-0.25, -0.2) is 19.6 Å². The van der Waals surface area contributed by atoms with Crippen LogP contribution in [0.2, 0.25) is 0 Å². The van der Waals surface area contributed by atoms with Crippen molar-refractivity contribution in [3.63, 3.8) is 0 Å². The summed E-state index contributed by atoms with van der Waals surface area (Å²) < 4.78 is 47.1. The SMILES string of the molecule is CCOc1cc2c(cc1OC)C(c1cnc(N(C)C)nc1OC)=N[C@@H]1CC[C@@H](OC(=O)/C=C/C(=O)O[C@@H]3CC[C@H]4N=C(c5cnc(N(C)C)nc5OC)c5cc(OC)c(OCC)cc5[C@H]4C3)C[C@H]21. The van der Waals surface area contributed by atoms with E-state index in [0.717, 1.165) is 34.4 Å². The number of carbonyl (C=O) groups excluding carboxylic acids is 2. The fourth-order valence-corrected chi connectivity index (χ4v) is 9.68. The molecule has 2 saturated carbocycles. The summed E-state index contributed by atoms with van der Waals surface area (Å²) in [6, 6.07) is 7.61. The van der Waals surface area contributed by atoms with E-state index in [-0.39, 0.29) is 23.9 Å². The van der Waals surface area contributed by atoms with E-state index in [1.165, 1.54) is 0 Å². The van der Waals surface area contributed by atoms with Gasteiger partial charge in [0.2, 0.25) is 23.7 Å². The van der Waals surface area contributed by atoms with E-state index in [1.54, 1.807) is 40.8 Å². The largest absolute Gasteiger partial charge is 0.493 e. The third-order valence-corrected chi connectivity index (χ3v) is 12.8. The number of methoxy groups -OCH3 is 4. The number of carbonyl (C=O) groups is 2. The summed E-state index contributed by atoms with van der Waals surface area (Å²) in [7, 11) is 13.8. The number of aliphatic imine (C=N–C) groups is 2. The molecule has 0 unspecified atom stereocenters. The Balaban J connectivity index is 0.965. The summed E-state index contributed by atoms with van der Waals surface area (Å²) in [5.74, 6) is 2.72. The smallest absolute Gasteiger partial charge is 0.331 e. The minimum atomic E-state index is -0.625. The molecular weight excluding hydrogens is 873 g/mol. The summed E-state index contributed by atoms with van der Waals surface area (Å²) >= 11 is 0. The second kappa shape index (κ2) is 20.5. The van der Waals surface area contributed by atoms with Crippen LogP contribution in [0.25, 0.3) is 0 Å². The molecule has 2 aliphatic carbocycles. The van der Waals surface area contributed by atoms with E-state index in [0.29, 0.717) is 121 Å². The first-order chi connectivity index (χ1) is 32.9. The second-order valence-corrected chi connectivity index (χ2v) is 17.4. The van der Waals surface area contributed by atoms with Gasteiger partial charge >= 0.3 is 11.9 Å². The molecule has 360 valence electrons. The van der Waals surface area contributed by atoms with Gasteiger partial charge < -0.3 is 47.7 Å². The highest BCUT2D eigenvalue weighted by molar-refractivity contribution is 6.17. The van der Waals surface area contributed by atoms with Crippen molar-refractivity contribution in [3.05, 3.63) is 82.2 Å². The lowest BCUT2D eigenvalue weighted by atomic mass is 9.74. The van der Waals surface area contributed by atoms with Gasteiger partial charge in [-0.2, -0.15) is 9.97 Å². The molecular formula is C50H60N8O10.